The van der Waals surface area contributed by atoms with Gasteiger partial charge in [0, 0.05) is 5.69 Å². The van der Waals surface area contributed by atoms with Crippen molar-refractivity contribution in [3.05, 3.63) is 64.1 Å². The summed E-state index contributed by atoms with van der Waals surface area (Å²) < 4.78 is 5.02. The van der Waals surface area contributed by atoms with Crippen LogP contribution in [0.3, 0.4) is 0 Å². The van der Waals surface area contributed by atoms with Crippen LogP contribution in [0, 0.1) is 6.92 Å². The molecule has 1 aromatic heterocycles. The summed E-state index contributed by atoms with van der Waals surface area (Å²) >= 11 is 0. The Morgan fingerprint density at radius 3 is 2.62 bits per heavy atom. The number of aromatic nitrogens is 2. The Hall–Kier alpha value is -3.35. The van der Waals surface area contributed by atoms with E-state index < -0.39 is 18.5 Å². The van der Waals surface area contributed by atoms with Gasteiger partial charge >= 0.3 is 11.7 Å². The normalized spacial score (nSPS) is 10.5. The minimum absolute atomic E-state index is 0.319. The van der Waals surface area contributed by atoms with E-state index in [0.29, 0.717) is 22.3 Å². The highest BCUT2D eigenvalue weighted by atomic mass is 16.5. The van der Waals surface area contributed by atoms with E-state index >= 15 is 0 Å². The number of carbonyl (C=O) groups is 2. The fourth-order valence-corrected chi connectivity index (χ4v) is 2.32. The van der Waals surface area contributed by atoms with Crippen molar-refractivity contribution < 1.29 is 14.3 Å². The Balaban J connectivity index is 1.61. The number of H-pyrrole nitrogens is 2. The minimum Gasteiger partial charge on any atom is -0.452 e. The lowest BCUT2D eigenvalue weighted by Crippen LogP contribution is -2.21. The summed E-state index contributed by atoms with van der Waals surface area (Å²) in [6, 6.07) is 11.9. The number of fused-ring (bicyclic) bond motifs is 1. The molecule has 0 unspecified atom stereocenters. The first-order valence-corrected chi connectivity index (χ1v) is 7.27. The van der Waals surface area contributed by atoms with Crippen molar-refractivity contribution in [2.24, 2.45) is 0 Å². The molecule has 0 spiro atoms. The molecular formula is C17H15N3O4. The summed E-state index contributed by atoms with van der Waals surface area (Å²) in [6.45, 7) is 1.40. The number of imidazole rings is 1. The summed E-state index contributed by atoms with van der Waals surface area (Å²) in [4.78, 5) is 40.3. The smallest absolute Gasteiger partial charge is 0.338 e. The second-order valence-corrected chi connectivity index (χ2v) is 5.28. The van der Waals surface area contributed by atoms with Crippen molar-refractivity contribution in [2.75, 3.05) is 11.9 Å². The largest absolute Gasteiger partial charge is 0.452 e. The van der Waals surface area contributed by atoms with Crippen LogP contribution in [0.4, 0.5) is 5.69 Å². The van der Waals surface area contributed by atoms with E-state index in [4.69, 9.17) is 4.74 Å². The first-order valence-electron chi connectivity index (χ1n) is 7.27. The van der Waals surface area contributed by atoms with E-state index in [1.807, 2.05) is 6.07 Å². The number of anilines is 1. The van der Waals surface area contributed by atoms with Gasteiger partial charge in [0.15, 0.2) is 6.61 Å². The maximum absolute atomic E-state index is 12.0. The van der Waals surface area contributed by atoms with Gasteiger partial charge in [-0.15, -0.1) is 0 Å². The van der Waals surface area contributed by atoms with Gasteiger partial charge in [-0.25, -0.2) is 9.59 Å². The van der Waals surface area contributed by atoms with Crippen molar-refractivity contribution in [2.45, 2.75) is 6.92 Å². The number of aromatic amines is 2. The number of hydrogen-bond acceptors (Lipinski definition) is 4. The number of benzene rings is 2. The van der Waals surface area contributed by atoms with E-state index in [0.717, 1.165) is 5.56 Å². The summed E-state index contributed by atoms with van der Waals surface area (Å²) in [5.41, 5.74) is 2.61. The Morgan fingerprint density at radius 1 is 1.08 bits per heavy atom. The first kappa shape index (κ1) is 15.5. The van der Waals surface area contributed by atoms with Gasteiger partial charge in [-0.05, 0) is 36.8 Å². The molecule has 0 atom stereocenters. The van der Waals surface area contributed by atoms with Crippen molar-refractivity contribution in [1.29, 1.82) is 0 Å². The quantitative estimate of drug-likeness (QED) is 0.638. The average Bonchev–Trinajstić information content (AvgIpc) is 2.92. The average molecular weight is 325 g/mol. The van der Waals surface area contributed by atoms with Crippen LogP contribution in [0.2, 0.25) is 0 Å². The lowest BCUT2D eigenvalue weighted by Gasteiger charge is -2.08. The fraction of sp³-hybridized carbons (Fsp3) is 0.118. The number of aryl methyl sites for hydroxylation is 1. The molecule has 122 valence electrons. The van der Waals surface area contributed by atoms with Crippen LogP contribution in [0.15, 0.2) is 47.3 Å². The van der Waals surface area contributed by atoms with Crippen molar-refractivity contribution in [3.8, 4) is 0 Å². The van der Waals surface area contributed by atoms with E-state index in [1.54, 1.807) is 43.3 Å². The molecule has 0 aliphatic carbocycles. The highest BCUT2D eigenvalue weighted by molar-refractivity contribution is 5.97. The third-order valence-electron chi connectivity index (χ3n) is 3.50. The summed E-state index contributed by atoms with van der Waals surface area (Å²) in [5, 5.41) is 2.61. The lowest BCUT2D eigenvalue weighted by molar-refractivity contribution is -0.119. The SMILES string of the molecule is Cc1ccccc1C(=O)OCC(=O)Nc1ccc2[nH]c(=O)[nH]c2c1. The van der Waals surface area contributed by atoms with Crippen molar-refractivity contribution in [1.82, 2.24) is 9.97 Å². The predicted molar refractivity (Wildman–Crippen MR) is 89.0 cm³/mol. The Morgan fingerprint density at radius 2 is 1.83 bits per heavy atom. The monoisotopic (exact) mass is 325 g/mol. The number of carbonyl (C=O) groups excluding carboxylic acids is 2. The van der Waals surface area contributed by atoms with Crippen LogP contribution in [0.25, 0.3) is 11.0 Å². The van der Waals surface area contributed by atoms with E-state index in [1.165, 1.54) is 0 Å². The van der Waals surface area contributed by atoms with Crippen LogP contribution in [0.1, 0.15) is 15.9 Å². The zero-order valence-electron chi connectivity index (χ0n) is 12.9. The topological polar surface area (TPSA) is 104 Å². The third-order valence-corrected chi connectivity index (χ3v) is 3.50. The molecule has 0 fully saturated rings. The van der Waals surface area contributed by atoms with E-state index in [9.17, 15) is 14.4 Å². The molecule has 0 saturated carbocycles. The van der Waals surface area contributed by atoms with Crippen molar-refractivity contribution in [3.63, 3.8) is 0 Å². The van der Waals surface area contributed by atoms with Crippen molar-refractivity contribution >= 4 is 28.6 Å². The summed E-state index contributed by atoms with van der Waals surface area (Å²) in [5.74, 6) is -1.01. The van der Waals surface area contributed by atoms with Gasteiger partial charge in [0.1, 0.15) is 0 Å². The Bertz CT molecular complexity index is 971. The van der Waals surface area contributed by atoms with E-state index in [-0.39, 0.29) is 5.69 Å². The van der Waals surface area contributed by atoms with Crippen LogP contribution in [0.5, 0.6) is 0 Å². The van der Waals surface area contributed by atoms with Gasteiger partial charge in [0.25, 0.3) is 5.91 Å². The number of nitrogens with one attached hydrogen (secondary N) is 3. The van der Waals surface area contributed by atoms with Gasteiger partial charge in [-0.3, -0.25) is 4.79 Å². The Kier molecular flexibility index (Phi) is 4.15. The number of ether oxygens (including phenoxy) is 1. The Labute approximate surface area is 136 Å². The molecule has 3 aromatic rings. The number of rotatable bonds is 4. The highest BCUT2D eigenvalue weighted by Crippen LogP contribution is 2.14. The molecule has 2 aromatic carbocycles. The molecule has 0 aliphatic rings. The van der Waals surface area contributed by atoms with Gasteiger partial charge < -0.3 is 20.0 Å². The highest BCUT2D eigenvalue weighted by Gasteiger charge is 2.12. The summed E-state index contributed by atoms with van der Waals surface area (Å²) in [6.07, 6.45) is 0. The summed E-state index contributed by atoms with van der Waals surface area (Å²) in [7, 11) is 0. The maximum Gasteiger partial charge on any atom is 0.338 e. The predicted octanol–water partition coefficient (Wildman–Crippen LogP) is 1.96. The van der Waals surface area contributed by atoms with Gasteiger partial charge in [0.05, 0.1) is 16.6 Å². The van der Waals surface area contributed by atoms with Crippen LogP contribution in [-0.4, -0.2) is 28.5 Å². The molecule has 24 heavy (non-hydrogen) atoms. The molecule has 0 bridgehead atoms. The molecule has 7 heteroatoms. The minimum atomic E-state index is -0.548. The van der Waals surface area contributed by atoms with Crippen LogP contribution < -0.4 is 11.0 Å². The van der Waals surface area contributed by atoms with E-state index in [2.05, 4.69) is 15.3 Å². The second kappa shape index (κ2) is 6.41. The molecule has 1 heterocycles. The third kappa shape index (κ3) is 3.35. The van der Waals surface area contributed by atoms with Gasteiger partial charge in [0.2, 0.25) is 0 Å². The first-order chi connectivity index (χ1) is 11.5. The molecule has 0 radical (unpaired) electrons. The van der Waals surface area contributed by atoms with Gasteiger partial charge in [-0.2, -0.15) is 0 Å². The second-order valence-electron chi connectivity index (χ2n) is 5.28. The lowest BCUT2D eigenvalue weighted by atomic mass is 10.1. The molecule has 0 aliphatic heterocycles. The maximum atomic E-state index is 12.0. The molecule has 7 nitrogen and oxygen atoms in total. The molecular weight excluding hydrogens is 310 g/mol. The van der Waals surface area contributed by atoms with Gasteiger partial charge in [-0.1, -0.05) is 18.2 Å². The number of esters is 1. The number of hydrogen-bond donors (Lipinski definition) is 3. The standard InChI is InChI=1S/C17H15N3O4/c1-10-4-2-3-5-12(10)16(22)24-9-15(21)18-11-6-7-13-14(8-11)20-17(23)19-13/h2-8H,9H2,1H3,(H,18,21)(H2,19,20,23). The van der Waals surface area contributed by atoms with Crippen LogP contribution >= 0.6 is 0 Å². The molecule has 3 rings (SSSR count). The fourth-order valence-electron chi connectivity index (χ4n) is 2.32. The van der Waals surface area contributed by atoms with Crippen LogP contribution in [-0.2, 0) is 9.53 Å². The molecule has 3 N–H and O–H groups in total. The zero-order chi connectivity index (χ0) is 17.1. The molecule has 0 saturated heterocycles. The number of amides is 1. The zero-order valence-corrected chi connectivity index (χ0v) is 12.9. The molecule has 1 amide bonds.